The number of nitrogens with one attached hydrogen (secondary N) is 1. The molecule has 0 bridgehead atoms. The molecule has 6 nitrogen and oxygen atoms in total. The van der Waals surface area contributed by atoms with Crippen LogP contribution < -0.4 is 11.0 Å². The Bertz CT molecular complexity index is 1550. The number of aromatic nitrogens is 2. The minimum absolute atomic E-state index is 0.0614. The molecule has 0 saturated carbocycles. The number of thioether (sulfide) groups is 1. The maximum atomic E-state index is 13.8. The molecule has 0 radical (unpaired) electrons. The topological polar surface area (TPSA) is 76.3 Å². The molecule has 0 spiro atoms. The van der Waals surface area contributed by atoms with E-state index in [0.29, 0.717) is 27.0 Å². The summed E-state index contributed by atoms with van der Waals surface area (Å²) in [5, 5.41) is 5.99. The molecule has 184 valence electrons. The van der Waals surface area contributed by atoms with Crippen LogP contribution in [0.25, 0.3) is 15.9 Å². The van der Waals surface area contributed by atoms with E-state index in [9.17, 15) is 9.59 Å². The molecule has 2 aromatic heterocycles. The van der Waals surface area contributed by atoms with Gasteiger partial charge in [0.2, 0.25) is 0 Å². The van der Waals surface area contributed by atoms with Gasteiger partial charge in [-0.05, 0) is 80.1 Å². The van der Waals surface area contributed by atoms with Crippen molar-refractivity contribution in [2.75, 3.05) is 5.75 Å². The number of benzene rings is 2. The second kappa shape index (κ2) is 10.9. The minimum atomic E-state index is -0.281. The Morgan fingerprint density at radius 1 is 1.22 bits per heavy atom. The first kappa shape index (κ1) is 25.2. The summed E-state index contributed by atoms with van der Waals surface area (Å²) in [4.78, 5) is 33.3. The van der Waals surface area contributed by atoms with Crippen LogP contribution in [0.1, 0.15) is 35.8 Å². The van der Waals surface area contributed by atoms with E-state index in [4.69, 9.17) is 16.6 Å². The van der Waals surface area contributed by atoms with Crippen molar-refractivity contribution in [3.63, 3.8) is 0 Å². The molecule has 1 N–H and O–H groups in total. The number of aryl methyl sites for hydroxylation is 2. The van der Waals surface area contributed by atoms with Crippen molar-refractivity contribution in [3.8, 4) is 5.69 Å². The number of hydrazone groups is 1. The zero-order chi connectivity index (χ0) is 25.2. The number of nitrogens with zero attached hydrogens (tertiary/aromatic N) is 3. The smallest absolute Gasteiger partial charge is 0.267 e. The van der Waals surface area contributed by atoms with Gasteiger partial charge in [-0.3, -0.25) is 14.2 Å². The van der Waals surface area contributed by atoms with E-state index in [-0.39, 0.29) is 17.2 Å². The zero-order valence-electron chi connectivity index (χ0n) is 19.4. The second-order valence-corrected chi connectivity index (χ2v) is 11.8. The van der Waals surface area contributed by atoms with E-state index in [1.807, 2.05) is 31.2 Å². The number of halogens is 2. The molecule has 1 amide bonds. The first-order valence-corrected chi connectivity index (χ1v) is 14.4. The maximum Gasteiger partial charge on any atom is 0.267 e. The molecule has 1 aliphatic rings. The van der Waals surface area contributed by atoms with Gasteiger partial charge in [0, 0.05) is 14.4 Å². The number of amides is 1. The molecule has 5 rings (SSSR count). The number of hydrogen-bond donors (Lipinski definition) is 1. The summed E-state index contributed by atoms with van der Waals surface area (Å²) in [5.74, 6) is -0.219. The zero-order valence-corrected chi connectivity index (χ0v) is 23.4. The first-order valence-electron chi connectivity index (χ1n) is 11.5. The molecule has 0 fully saturated rings. The number of carbonyl (C=O) groups is 1. The molecule has 10 heteroatoms. The lowest BCUT2D eigenvalue weighted by molar-refractivity contribution is -0.118. The van der Waals surface area contributed by atoms with Crippen molar-refractivity contribution in [1.82, 2.24) is 15.0 Å². The van der Waals surface area contributed by atoms with Crippen LogP contribution in [0.3, 0.4) is 0 Å². The van der Waals surface area contributed by atoms with Gasteiger partial charge in [0.05, 0.1) is 22.5 Å². The third-order valence-electron chi connectivity index (χ3n) is 5.97. The van der Waals surface area contributed by atoms with Crippen LogP contribution in [0, 0.1) is 0 Å². The van der Waals surface area contributed by atoms with E-state index in [0.717, 1.165) is 46.1 Å². The van der Waals surface area contributed by atoms with Gasteiger partial charge in [0.25, 0.3) is 11.5 Å². The van der Waals surface area contributed by atoms with Crippen LogP contribution in [0.4, 0.5) is 0 Å². The van der Waals surface area contributed by atoms with E-state index in [2.05, 4.69) is 26.5 Å². The van der Waals surface area contributed by atoms with Crippen molar-refractivity contribution < 1.29 is 4.79 Å². The average Bonchev–Trinajstić information content (AvgIpc) is 3.25. The number of carbonyl (C=O) groups excluding carboxylic acids is 1. The van der Waals surface area contributed by atoms with Crippen molar-refractivity contribution in [2.24, 2.45) is 5.10 Å². The molecular weight excluding hydrogens is 580 g/mol. The Balaban J connectivity index is 1.44. The summed E-state index contributed by atoms with van der Waals surface area (Å²) in [6, 6.07) is 14.8. The lowest BCUT2D eigenvalue weighted by Crippen LogP contribution is -2.24. The highest BCUT2D eigenvalue weighted by Gasteiger charge is 2.23. The van der Waals surface area contributed by atoms with Gasteiger partial charge in [-0.25, -0.2) is 10.4 Å². The Kier molecular flexibility index (Phi) is 7.62. The summed E-state index contributed by atoms with van der Waals surface area (Å²) >= 11 is 12.4. The van der Waals surface area contributed by atoms with Crippen molar-refractivity contribution >= 4 is 72.5 Å². The predicted octanol–water partition coefficient (Wildman–Crippen LogP) is 6.37. The molecule has 1 aliphatic carbocycles. The van der Waals surface area contributed by atoms with Crippen molar-refractivity contribution in [1.29, 1.82) is 0 Å². The number of rotatable bonds is 6. The van der Waals surface area contributed by atoms with Gasteiger partial charge >= 0.3 is 0 Å². The molecule has 0 aliphatic heterocycles. The largest absolute Gasteiger partial charge is 0.272 e. The first-order chi connectivity index (χ1) is 17.4. The maximum absolute atomic E-state index is 13.8. The summed E-state index contributed by atoms with van der Waals surface area (Å²) < 4.78 is 2.53. The van der Waals surface area contributed by atoms with E-state index < -0.39 is 0 Å². The molecular formula is C26H22BrClN4O2S2. The Morgan fingerprint density at radius 2 is 2.00 bits per heavy atom. The standard InChI is InChI=1S/C26H22BrClN4O2S2/c1-15(16-5-4-6-17(27)13-16)30-31-22(33)14-35-26-29-24-23(20-7-2-3-8-21(20)36-24)25(34)32(26)19-11-9-18(28)10-12-19/h4-6,9-13H,2-3,7-8,14H2,1H3,(H,31,33). The normalized spacial score (nSPS) is 13.6. The number of fused-ring (bicyclic) bond motifs is 3. The van der Waals surface area contributed by atoms with Gasteiger partial charge in [-0.1, -0.05) is 51.4 Å². The Labute approximate surface area is 229 Å². The highest BCUT2D eigenvalue weighted by atomic mass is 79.9. The highest BCUT2D eigenvalue weighted by Crippen LogP contribution is 2.35. The lowest BCUT2D eigenvalue weighted by atomic mass is 9.97. The predicted molar refractivity (Wildman–Crippen MR) is 152 cm³/mol. The van der Waals surface area contributed by atoms with E-state index in [1.165, 1.54) is 16.6 Å². The summed E-state index contributed by atoms with van der Waals surface area (Å²) in [6.07, 6.45) is 4.09. The van der Waals surface area contributed by atoms with Gasteiger partial charge in [0.15, 0.2) is 5.16 Å². The Morgan fingerprint density at radius 3 is 2.78 bits per heavy atom. The summed E-state index contributed by atoms with van der Waals surface area (Å²) in [7, 11) is 0. The van der Waals surface area contributed by atoms with E-state index in [1.54, 1.807) is 40.2 Å². The average molecular weight is 602 g/mol. The molecule has 2 heterocycles. The lowest BCUT2D eigenvalue weighted by Gasteiger charge is -2.13. The van der Waals surface area contributed by atoms with Gasteiger partial charge in [0.1, 0.15) is 4.83 Å². The quantitative estimate of drug-likeness (QED) is 0.121. The van der Waals surface area contributed by atoms with Crippen LogP contribution in [0.2, 0.25) is 5.02 Å². The molecule has 36 heavy (non-hydrogen) atoms. The van der Waals surface area contributed by atoms with Crippen LogP contribution in [-0.2, 0) is 17.6 Å². The van der Waals surface area contributed by atoms with E-state index >= 15 is 0 Å². The van der Waals surface area contributed by atoms with Crippen molar-refractivity contribution in [3.05, 3.63) is 84.4 Å². The monoisotopic (exact) mass is 600 g/mol. The van der Waals surface area contributed by atoms with Gasteiger partial charge in [-0.15, -0.1) is 11.3 Å². The van der Waals surface area contributed by atoms with Crippen molar-refractivity contribution in [2.45, 2.75) is 37.8 Å². The second-order valence-electron chi connectivity index (χ2n) is 8.43. The third kappa shape index (κ3) is 5.29. The number of hydrogen-bond acceptors (Lipinski definition) is 6. The molecule has 2 aromatic carbocycles. The fourth-order valence-corrected chi connectivity index (χ4v) is 6.82. The van der Waals surface area contributed by atoms with Crippen LogP contribution in [-0.4, -0.2) is 26.9 Å². The molecule has 0 saturated heterocycles. The SMILES string of the molecule is CC(=NNC(=O)CSc1nc2sc3c(c2c(=O)n1-c1ccc(Cl)cc1)CCCC3)c1cccc(Br)c1. The Hall–Kier alpha value is -2.46. The minimum Gasteiger partial charge on any atom is -0.272 e. The molecule has 0 atom stereocenters. The molecule has 4 aromatic rings. The van der Waals surface area contributed by atoms with Gasteiger partial charge in [-0.2, -0.15) is 5.10 Å². The van der Waals surface area contributed by atoms with Crippen LogP contribution in [0.5, 0.6) is 0 Å². The molecule has 0 unspecified atom stereocenters. The fraction of sp³-hybridized carbons (Fsp3) is 0.231. The third-order valence-corrected chi connectivity index (χ3v) is 8.84. The van der Waals surface area contributed by atoms with Gasteiger partial charge < -0.3 is 0 Å². The summed E-state index contributed by atoms with van der Waals surface area (Å²) in [5.41, 5.74) is 5.90. The summed E-state index contributed by atoms with van der Waals surface area (Å²) in [6.45, 7) is 1.83. The fourth-order valence-electron chi connectivity index (χ4n) is 4.19. The van der Waals surface area contributed by atoms with Crippen LogP contribution in [0.15, 0.2) is 68.1 Å². The number of thiophene rings is 1. The highest BCUT2D eigenvalue weighted by molar-refractivity contribution is 9.10. The van der Waals surface area contributed by atoms with Crippen LogP contribution >= 0.6 is 50.6 Å².